The molecular formula is C27H26F4N6O3. The van der Waals surface area contributed by atoms with Crippen LogP contribution in [-0.2, 0) is 4.79 Å². The molecule has 0 spiro atoms. The molecule has 4 rings (SSSR count). The predicted molar refractivity (Wildman–Crippen MR) is 141 cm³/mol. The van der Waals surface area contributed by atoms with Crippen LogP contribution in [0.1, 0.15) is 24.2 Å². The molecule has 0 fully saturated rings. The maximum absolute atomic E-state index is 15.4. The molecule has 2 aromatic carbocycles. The van der Waals surface area contributed by atoms with Crippen LogP contribution in [0, 0.1) is 5.82 Å². The van der Waals surface area contributed by atoms with Gasteiger partial charge in [0.05, 0.1) is 29.3 Å². The Balaban J connectivity index is 1.63. The number of hydrogen-bond donors (Lipinski definition) is 3. The van der Waals surface area contributed by atoms with E-state index in [0.717, 1.165) is 36.1 Å². The second kappa shape index (κ2) is 12.1. The van der Waals surface area contributed by atoms with Gasteiger partial charge >= 0.3 is 12.1 Å². The van der Waals surface area contributed by atoms with Crippen molar-refractivity contribution in [2.24, 2.45) is 0 Å². The number of para-hydroxylation sites is 1. The lowest BCUT2D eigenvalue weighted by Gasteiger charge is -2.18. The number of fused-ring (bicyclic) bond motifs is 1. The van der Waals surface area contributed by atoms with Crippen molar-refractivity contribution >= 4 is 34.3 Å². The molecule has 0 bridgehead atoms. The molecule has 3 N–H and O–H groups in total. The van der Waals surface area contributed by atoms with E-state index in [4.69, 9.17) is 0 Å². The summed E-state index contributed by atoms with van der Waals surface area (Å²) in [6.45, 7) is 6.03. The Morgan fingerprint density at radius 3 is 2.52 bits per heavy atom. The first kappa shape index (κ1) is 28.5. The van der Waals surface area contributed by atoms with E-state index >= 15 is 4.39 Å². The molecule has 13 heteroatoms. The average molecular weight is 559 g/mol. The summed E-state index contributed by atoms with van der Waals surface area (Å²) in [6.07, 6.45) is -2.68. The molecule has 0 aliphatic carbocycles. The Morgan fingerprint density at radius 2 is 1.82 bits per heavy atom. The molecule has 2 aromatic heterocycles. The minimum atomic E-state index is -5.40. The molecule has 9 nitrogen and oxygen atoms in total. The van der Waals surface area contributed by atoms with Crippen LogP contribution in [0.25, 0.3) is 22.3 Å². The monoisotopic (exact) mass is 558 g/mol. The first-order chi connectivity index (χ1) is 19.1. The van der Waals surface area contributed by atoms with E-state index in [2.05, 4.69) is 30.3 Å². The molecule has 0 aliphatic heterocycles. The number of hydrogen-bond acceptors (Lipinski definition) is 7. The normalized spacial score (nSPS) is 11.6. The molecule has 0 saturated carbocycles. The first-order valence-corrected chi connectivity index (χ1v) is 12.4. The van der Waals surface area contributed by atoms with Crippen molar-refractivity contribution in [3.8, 4) is 17.1 Å². The minimum absolute atomic E-state index is 0.0243. The van der Waals surface area contributed by atoms with Gasteiger partial charge in [0.1, 0.15) is 11.5 Å². The fraction of sp³-hybridized carbons (Fsp3) is 0.259. The number of amides is 1. The number of esters is 1. The quantitative estimate of drug-likeness (QED) is 0.142. The zero-order chi connectivity index (χ0) is 28.9. The van der Waals surface area contributed by atoms with Gasteiger partial charge in [-0.15, -0.1) is 0 Å². The zero-order valence-electron chi connectivity index (χ0n) is 21.6. The standard InChI is InChI=1S/C27H26F4N6O3/c1-3-37(4-2)12-11-33-25(38)17-9-10-19(24(23(17)28)40-26(39)27(29,30)31)35-22-15-32-14-21(36-22)20-13-16-7-5-6-8-18(16)34-20/h5-10,13-15,34H,3-4,11-12H2,1-2H3,(H,33,38)(H,35,36). The Morgan fingerprint density at radius 1 is 1.07 bits per heavy atom. The number of aromatic amines is 1. The highest BCUT2D eigenvalue weighted by Gasteiger charge is 2.42. The number of halogens is 4. The summed E-state index contributed by atoms with van der Waals surface area (Å²) in [7, 11) is 0. The summed E-state index contributed by atoms with van der Waals surface area (Å²) >= 11 is 0. The predicted octanol–water partition coefficient (Wildman–Crippen LogP) is 5.05. The van der Waals surface area contributed by atoms with E-state index in [1.54, 1.807) is 0 Å². The number of carbonyl (C=O) groups excluding carboxylic acids is 2. The van der Waals surface area contributed by atoms with Crippen molar-refractivity contribution in [1.82, 2.24) is 25.2 Å². The van der Waals surface area contributed by atoms with Crippen LogP contribution >= 0.6 is 0 Å². The third kappa shape index (κ3) is 6.54. The number of ether oxygens (including phenoxy) is 1. The van der Waals surface area contributed by atoms with Gasteiger partial charge in [-0.2, -0.15) is 13.2 Å². The van der Waals surface area contributed by atoms with Crippen molar-refractivity contribution < 1.29 is 31.9 Å². The lowest BCUT2D eigenvalue weighted by Crippen LogP contribution is -2.35. The molecule has 40 heavy (non-hydrogen) atoms. The number of carbonyl (C=O) groups is 2. The van der Waals surface area contributed by atoms with Crippen molar-refractivity contribution in [3.63, 3.8) is 0 Å². The minimum Gasteiger partial charge on any atom is -0.414 e. The number of anilines is 2. The number of alkyl halides is 3. The molecule has 0 atom stereocenters. The maximum Gasteiger partial charge on any atom is 0.491 e. The molecule has 210 valence electrons. The topological polar surface area (TPSA) is 112 Å². The number of likely N-dealkylation sites (N-methyl/N-ethyl adjacent to an activating group) is 1. The number of nitrogens with zero attached hydrogens (tertiary/aromatic N) is 3. The van der Waals surface area contributed by atoms with Crippen molar-refractivity contribution in [3.05, 3.63) is 66.2 Å². The van der Waals surface area contributed by atoms with Gasteiger partial charge in [-0.05, 0) is 37.4 Å². The third-order valence-electron chi connectivity index (χ3n) is 6.08. The van der Waals surface area contributed by atoms with Crippen molar-refractivity contribution in [2.75, 3.05) is 31.5 Å². The van der Waals surface area contributed by atoms with Crippen LogP contribution in [0.5, 0.6) is 5.75 Å². The van der Waals surface area contributed by atoms with Gasteiger partial charge in [-0.1, -0.05) is 32.0 Å². The average Bonchev–Trinajstić information content (AvgIpc) is 3.37. The second-order valence-electron chi connectivity index (χ2n) is 8.66. The van der Waals surface area contributed by atoms with Gasteiger partial charge in [-0.3, -0.25) is 9.78 Å². The second-order valence-corrected chi connectivity index (χ2v) is 8.66. The van der Waals surface area contributed by atoms with E-state index in [1.165, 1.54) is 12.4 Å². The fourth-order valence-electron chi connectivity index (χ4n) is 3.95. The van der Waals surface area contributed by atoms with Crippen LogP contribution in [-0.4, -0.2) is 64.1 Å². The van der Waals surface area contributed by atoms with Gasteiger partial charge in [-0.25, -0.2) is 14.2 Å². The molecule has 0 radical (unpaired) electrons. The number of rotatable bonds is 10. The highest BCUT2D eigenvalue weighted by molar-refractivity contribution is 5.96. The number of aromatic nitrogens is 3. The summed E-state index contributed by atoms with van der Waals surface area (Å²) in [4.78, 5) is 37.9. The summed E-state index contributed by atoms with van der Waals surface area (Å²) in [5.41, 5.74) is 0.904. The smallest absolute Gasteiger partial charge is 0.414 e. The molecule has 0 saturated heterocycles. The van der Waals surface area contributed by atoms with Crippen molar-refractivity contribution in [1.29, 1.82) is 0 Å². The Hall–Kier alpha value is -4.52. The molecular weight excluding hydrogens is 532 g/mol. The maximum atomic E-state index is 15.4. The van der Waals surface area contributed by atoms with Gasteiger partial charge in [0, 0.05) is 24.0 Å². The van der Waals surface area contributed by atoms with Crippen LogP contribution in [0.2, 0.25) is 0 Å². The van der Waals surface area contributed by atoms with Gasteiger partial charge < -0.3 is 25.3 Å². The number of nitrogens with one attached hydrogen (secondary N) is 3. The largest absolute Gasteiger partial charge is 0.491 e. The SMILES string of the molecule is CCN(CC)CCNC(=O)c1ccc(Nc2cncc(-c3cc4ccccc4[nH]3)n2)c(OC(=O)C(F)(F)F)c1F. The molecule has 0 unspecified atom stereocenters. The highest BCUT2D eigenvalue weighted by atomic mass is 19.4. The molecule has 4 aromatic rings. The van der Waals surface area contributed by atoms with Crippen LogP contribution in [0.4, 0.5) is 29.1 Å². The molecule has 1 amide bonds. The first-order valence-electron chi connectivity index (χ1n) is 12.4. The van der Waals surface area contributed by atoms with Crippen LogP contribution < -0.4 is 15.4 Å². The lowest BCUT2D eigenvalue weighted by molar-refractivity contribution is -0.189. The van der Waals surface area contributed by atoms with Gasteiger partial charge in [0.15, 0.2) is 11.6 Å². The van der Waals surface area contributed by atoms with Gasteiger partial charge in [0.2, 0.25) is 0 Å². The molecule has 0 aliphatic rings. The van der Waals surface area contributed by atoms with Crippen molar-refractivity contribution in [2.45, 2.75) is 20.0 Å². The summed E-state index contributed by atoms with van der Waals surface area (Å²) in [5.74, 6) is -6.04. The summed E-state index contributed by atoms with van der Waals surface area (Å²) < 4.78 is 58.8. The van der Waals surface area contributed by atoms with Crippen LogP contribution in [0.15, 0.2) is 54.9 Å². The highest BCUT2D eigenvalue weighted by Crippen LogP contribution is 2.34. The van der Waals surface area contributed by atoms with Crippen LogP contribution in [0.3, 0.4) is 0 Å². The Labute approximate surface area is 226 Å². The zero-order valence-corrected chi connectivity index (χ0v) is 21.6. The third-order valence-corrected chi connectivity index (χ3v) is 6.08. The summed E-state index contributed by atoms with van der Waals surface area (Å²) in [5, 5.41) is 6.09. The Bertz CT molecular complexity index is 1480. The molecule has 2 heterocycles. The van der Waals surface area contributed by atoms with Gasteiger partial charge in [0.25, 0.3) is 5.91 Å². The summed E-state index contributed by atoms with van der Waals surface area (Å²) in [6, 6.07) is 11.5. The number of H-pyrrole nitrogens is 1. The van der Waals surface area contributed by atoms with E-state index in [0.29, 0.717) is 17.9 Å². The van der Waals surface area contributed by atoms with E-state index in [1.807, 2.05) is 49.1 Å². The fourth-order valence-corrected chi connectivity index (χ4v) is 3.95. The van der Waals surface area contributed by atoms with E-state index in [-0.39, 0.29) is 18.1 Å². The Kier molecular flexibility index (Phi) is 8.63. The van der Waals surface area contributed by atoms with E-state index in [9.17, 15) is 22.8 Å². The lowest BCUT2D eigenvalue weighted by atomic mass is 10.1. The number of benzene rings is 2. The van der Waals surface area contributed by atoms with E-state index < -0.39 is 35.2 Å².